The van der Waals surface area contributed by atoms with Gasteiger partial charge in [0.2, 0.25) is 0 Å². The van der Waals surface area contributed by atoms with Crippen molar-refractivity contribution in [1.82, 2.24) is 5.32 Å². The van der Waals surface area contributed by atoms with E-state index in [-0.39, 0.29) is 6.61 Å². The predicted molar refractivity (Wildman–Crippen MR) is 83.4 cm³/mol. The lowest BCUT2D eigenvalue weighted by atomic mass is 10.2. The van der Waals surface area contributed by atoms with Crippen molar-refractivity contribution in [2.45, 2.75) is 25.5 Å². The van der Waals surface area contributed by atoms with Crippen molar-refractivity contribution in [3.8, 4) is 5.75 Å². The lowest BCUT2D eigenvalue weighted by Gasteiger charge is -2.17. The summed E-state index contributed by atoms with van der Waals surface area (Å²) in [5, 5.41) is 13.7. The molecule has 0 saturated carbocycles. The van der Waals surface area contributed by atoms with Gasteiger partial charge in [0.1, 0.15) is 18.5 Å². The van der Waals surface area contributed by atoms with Crippen LogP contribution in [0, 0.1) is 0 Å². The maximum atomic E-state index is 9.84. The molecule has 3 nitrogen and oxygen atoms in total. The predicted octanol–water partition coefficient (Wildman–Crippen LogP) is 2.81. The zero-order valence-corrected chi connectivity index (χ0v) is 13.0. The summed E-state index contributed by atoms with van der Waals surface area (Å²) in [7, 11) is 0. The van der Waals surface area contributed by atoms with E-state index in [4.69, 9.17) is 16.3 Å². The third kappa shape index (κ3) is 7.06. The molecule has 0 heterocycles. The molecule has 0 radical (unpaired) electrons. The first-order chi connectivity index (χ1) is 9.13. The Hall–Kier alpha value is -0.420. The second kappa shape index (κ2) is 9.48. The average molecular weight is 304 g/mol. The van der Waals surface area contributed by atoms with Crippen LogP contribution in [0.2, 0.25) is 5.02 Å². The second-order valence-electron chi connectivity index (χ2n) is 4.49. The first-order valence-corrected chi connectivity index (χ1v) is 8.18. The molecule has 0 bridgehead atoms. The Morgan fingerprint density at radius 2 is 2.16 bits per heavy atom. The lowest BCUT2D eigenvalue weighted by Crippen LogP contribution is -2.36. The Morgan fingerprint density at radius 1 is 1.42 bits per heavy atom. The quantitative estimate of drug-likeness (QED) is 0.736. The van der Waals surface area contributed by atoms with Gasteiger partial charge >= 0.3 is 0 Å². The van der Waals surface area contributed by atoms with Gasteiger partial charge in [0, 0.05) is 12.6 Å². The number of para-hydroxylation sites is 1. The van der Waals surface area contributed by atoms with Crippen molar-refractivity contribution in [2.75, 3.05) is 25.2 Å². The normalized spacial score (nSPS) is 14.1. The molecule has 0 aromatic heterocycles. The first-order valence-electron chi connectivity index (χ1n) is 6.41. The topological polar surface area (TPSA) is 41.5 Å². The number of aliphatic hydroxyl groups is 1. The van der Waals surface area contributed by atoms with Gasteiger partial charge in [-0.2, -0.15) is 11.8 Å². The molecule has 1 aromatic carbocycles. The highest BCUT2D eigenvalue weighted by atomic mass is 35.5. The highest BCUT2D eigenvalue weighted by molar-refractivity contribution is 7.98. The van der Waals surface area contributed by atoms with Gasteiger partial charge in [-0.25, -0.2) is 0 Å². The Morgan fingerprint density at radius 3 is 2.84 bits per heavy atom. The molecule has 0 aliphatic heterocycles. The number of hydrogen-bond acceptors (Lipinski definition) is 4. The van der Waals surface area contributed by atoms with E-state index in [1.807, 2.05) is 23.9 Å². The molecule has 0 saturated heterocycles. The molecular weight excluding hydrogens is 282 g/mol. The van der Waals surface area contributed by atoms with Crippen LogP contribution in [0.1, 0.15) is 13.3 Å². The van der Waals surface area contributed by atoms with Gasteiger partial charge in [-0.3, -0.25) is 0 Å². The minimum absolute atomic E-state index is 0.242. The molecule has 108 valence electrons. The largest absolute Gasteiger partial charge is 0.489 e. The summed E-state index contributed by atoms with van der Waals surface area (Å²) in [4.78, 5) is 0. The van der Waals surface area contributed by atoms with E-state index in [2.05, 4.69) is 18.5 Å². The summed E-state index contributed by atoms with van der Waals surface area (Å²) in [6.07, 6.45) is 2.66. The van der Waals surface area contributed by atoms with Crippen molar-refractivity contribution >= 4 is 23.4 Å². The molecule has 19 heavy (non-hydrogen) atoms. The van der Waals surface area contributed by atoms with Crippen LogP contribution < -0.4 is 10.1 Å². The Kier molecular flexibility index (Phi) is 8.30. The summed E-state index contributed by atoms with van der Waals surface area (Å²) < 4.78 is 5.49. The summed E-state index contributed by atoms with van der Waals surface area (Å²) in [6.45, 7) is 2.89. The van der Waals surface area contributed by atoms with Crippen molar-refractivity contribution in [1.29, 1.82) is 0 Å². The van der Waals surface area contributed by atoms with Crippen molar-refractivity contribution in [3.05, 3.63) is 29.3 Å². The lowest BCUT2D eigenvalue weighted by molar-refractivity contribution is 0.104. The van der Waals surface area contributed by atoms with Gasteiger partial charge in [-0.1, -0.05) is 23.7 Å². The first kappa shape index (κ1) is 16.6. The number of rotatable bonds is 9. The van der Waals surface area contributed by atoms with Gasteiger partial charge in [-0.05, 0) is 37.5 Å². The van der Waals surface area contributed by atoms with Crippen LogP contribution >= 0.6 is 23.4 Å². The Labute approximate surface area is 124 Å². The third-order valence-electron chi connectivity index (χ3n) is 2.72. The fourth-order valence-electron chi connectivity index (χ4n) is 1.54. The van der Waals surface area contributed by atoms with Crippen LogP contribution in [0.25, 0.3) is 0 Å². The van der Waals surface area contributed by atoms with Crippen LogP contribution in [0.4, 0.5) is 0 Å². The van der Waals surface area contributed by atoms with E-state index in [1.165, 1.54) is 0 Å². The molecule has 5 heteroatoms. The number of ether oxygens (including phenoxy) is 1. The van der Waals surface area contributed by atoms with E-state index in [0.29, 0.717) is 23.4 Å². The Bertz CT molecular complexity index is 365. The molecule has 1 rings (SSSR count). The zero-order valence-electron chi connectivity index (χ0n) is 11.4. The zero-order chi connectivity index (χ0) is 14.1. The molecule has 0 fully saturated rings. The number of benzene rings is 1. The van der Waals surface area contributed by atoms with Gasteiger partial charge in [0.05, 0.1) is 5.02 Å². The molecule has 2 atom stereocenters. The number of hydrogen-bond donors (Lipinski definition) is 2. The number of halogens is 1. The average Bonchev–Trinajstić information content (AvgIpc) is 2.42. The molecule has 2 unspecified atom stereocenters. The van der Waals surface area contributed by atoms with Crippen molar-refractivity contribution in [2.24, 2.45) is 0 Å². The monoisotopic (exact) mass is 303 g/mol. The third-order valence-corrected chi connectivity index (χ3v) is 3.68. The highest BCUT2D eigenvalue weighted by Crippen LogP contribution is 2.22. The standard InChI is InChI=1S/C14H22ClNO2S/c1-11(7-8-19-2)16-9-12(17)10-18-14-6-4-3-5-13(14)15/h3-6,11-12,16-17H,7-10H2,1-2H3. The highest BCUT2D eigenvalue weighted by Gasteiger charge is 2.09. The van der Waals surface area contributed by atoms with Gasteiger partial charge in [-0.15, -0.1) is 0 Å². The minimum Gasteiger partial charge on any atom is -0.489 e. The van der Waals surface area contributed by atoms with Crippen molar-refractivity contribution in [3.63, 3.8) is 0 Å². The van der Waals surface area contributed by atoms with Crippen LogP contribution in [-0.4, -0.2) is 42.4 Å². The smallest absolute Gasteiger partial charge is 0.138 e. The molecule has 1 aromatic rings. The van der Waals surface area contributed by atoms with Crippen LogP contribution in [0.3, 0.4) is 0 Å². The SMILES string of the molecule is CSCCC(C)NCC(O)COc1ccccc1Cl. The summed E-state index contributed by atoms with van der Waals surface area (Å²) in [5.74, 6) is 1.74. The summed E-state index contributed by atoms with van der Waals surface area (Å²) in [5.41, 5.74) is 0. The van der Waals surface area contributed by atoms with Crippen molar-refractivity contribution < 1.29 is 9.84 Å². The number of thioether (sulfide) groups is 1. The fraction of sp³-hybridized carbons (Fsp3) is 0.571. The van der Waals surface area contributed by atoms with Crippen LogP contribution in [0.5, 0.6) is 5.75 Å². The molecule has 0 aliphatic rings. The van der Waals surface area contributed by atoms with E-state index >= 15 is 0 Å². The van der Waals surface area contributed by atoms with E-state index in [0.717, 1.165) is 12.2 Å². The Balaban J connectivity index is 2.21. The number of aliphatic hydroxyl groups excluding tert-OH is 1. The fourth-order valence-corrected chi connectivity index (χ4v) is 2.32. The maximum Gasteiger partial charge on any atom is 0.138 e. The van der Waals surface area contributed by atoms with E-state index in [1.54, 1.807) is 12.1 Å². The molecule has 0 amide bonds. The molecule has 0 spiro atoms. The van der Waals surface area contributed by atoms with Gasteiger partial charge < -0.3 is 15.2 Å². The van der Waals surface area contributed by atoms with E-state index < -0.39 is 6.10 Å². The molecule has 2 N–H and O–H groups in total. The van der Waals surface area contributed by atoms with Gasteiger partial charge in [0.15, 0.2) is 0 Å². The summed E-state index contributed by atoms with van der Waals surface area (Å²) >= 11 is 7.80. The second-order valence-corrected chi connectivity index (χ2v) is 5.88. The molecule has 0 aliphatic carbocycles. The molecular formula is C14H22ClNO2S. The van der Waals surface area contributed by atoms with Crippen LogP contribution in [0.15, 0.2) is 24.3 Å². The van der Waals surface area contributed by atoms with E-state index in [9.17, 15) is 5.11 Å². The maximum absolute atomic E-state index is 9.84. The number of nitrogens with one attached hydrogen (secondary N) is 1. The minimum atomic E-state index is -0.534. The summed E-state index contributed by atoms with van der Waals surface area (Å²) in [6, 6.07) is 7.68. The van der Waals surface area contributed by atoms with Crippen LogP contribution in [-0.2, 0) is 0 Å². The van der Waals surface area contributed by atoms with Gasteiger partial charge in [0.25, 0.3) is 0 Å².